The van der Waals surface area contributed by atoms with Crippen molar-refractivity contribution in [3.05, 3.63) is 76.2 Å². The summed E-state index contributed by atoms with van der Waals surface area (Å²) < 4.78 is 0. The number of pyridine rings is 1. The Morgan fingerprint density at radius 1 is 1.00 bits per heavy atom. The Morgan fingerprint density at radius 3 is 2.60 bits per heavy atom. The molecule has 0 spiro atoms. The van der Waals surface area contributed by atoms with Crippen LogP contribution in [0.25, 0.3) is 11.4 Å². The van der Waals surface area contributed by atoms with Gasteiger partial charge in [0.1, 0.15) is 10.8 Å². The molecule has 0 bridgehead atoms. The van der Waals surface area contributed by atoms with Crippen molar-refractivity contribution in [3.8, 4) is 11.4 Å². The molecule has 1 saturated carbocycles. The molecule has 9 heteroatoms. The van der Waals surface area contributed by atoms with E-state index in [1.54, 1.807) is 18.3 Å². The predicted octanol–water partition coefficient (Wildman–Crippen LogP) is 5.19. The van der Waals surface area contributed by atoms with Gasteiger partial charge >= 0.3 is 0 Å². The third-order valence-electron chi connectivity index (χ3n) is 6.42. The molecule has 0 saturated heterocycles. The van der Waals surface area contributed by atoms with Crippen molar-refractivity contribution in [3.63, 3.8) is 0 Å². The third-order valence-corrected chi connectivity index (χ3v) is 7.62. The summed E-state index contributed by atoms with van der Waals surface area (Å²) in [7, 11) is 0. The Morgan fingerprint density at radius 2 is 1.83 bits per heavy atom. The molecule has 0 radical (unpaired) electrons. The van der Waals surface area contributed by atoms with Crippen molar-refractivity contribution >= 4 is 33.8 Å². The summed E-state index contributed by atoms with van der Waals surface area (Å²) in [5, 5.41) is 13.9. The number of fused-ring (bicyclic) bond motifs is 1. The Hall–Kier alpha value is -3.85. The van der Waals surface area contributed by atoms with Gasteiger partial charge in [-0.1, -0.05) is 0 Å². The zero-order valence-corrected chi connectivity index (χ0v) is 19.8. The maximum Gasteiger partial charge on any atom is 0.258 e. The number of hydrogen-bond donors (Lipinski definition) is 3. The van der Waals surface area contributed by atoms with Crippen LogP contribution >= 0.6 is 11.3 Å². The first-order valence-electron chi connectivity index (χ1n) is 11.9. The normalized spacial score (nSPS) is 14.9. The number of aromatic nitrogens is 4. The average Bonchev–Trinajstić information content (AvgIpc) is 3.50. The molecule has 2 amide bonds. The number of thiophene rings is 1. The van der Waals surface area contributed by atoms with Gasteiger partial charge in [-0.15, -0.1) is 11.3 Å². The number of nitrogens with one attached hydrogen (secondary N) is 3. The second-order valence-electron chi connectivity index (χ2n) is 8.96. The molecule has 35 heavy (non-hydrogen) atoms. The fourth-order valence-corrected chi connectivity index (χ4v) is 5.69. The number of aromatic amines is 1. The topological polar surface area (TPSA) is 113 Å². The molecule has 6 rings (SSSR count). The number of carbonyl (C=O) groups is 2. The largest absolute Gasteiger partial charge is 0.322 e. The summed E-state index contributed by atoms with van der Waals surface area (Å²) in [5.74, 6) is 1.64. The molecule has 1 fully saturated rings. The monoisotopic (exact) mass is 484 g/mol. The number of amides is 2. The third kappa shape index (κ3) is 4.46. The van der Waals surface area contributed by atoms with Gasteiger partial charge in [0.15, 0.2) is 5.82 Å². The van der Waals surface area contributed by atoms with Gasteiger partial charge in [0.25, 0.3) is 11.8 Å². The van der Waals surface area contributed by atoms with Gasteiger partial charge in [0, 0.05) is 34.4 Å². The molecular formula is C26H24N6O2S. The summed E-state index contributed by atoms with van der Waals surface area (Å²) in [6.07, 6.45) is 9.36. The maximum absolute atomic E-state index is 13.4. The van der Waals surface area contributed by atoms with E-state index in [9.17, 15) is 9.59 Å². The second-order valence-corrected chi connectivity index (χ2v) is 10.1. The number of benzene rings is 1. The van der Waals surface area contributed by atoms with Crippen LogP contribution in [0.15, 0.2) is 48.8 Å². The summed E-state index contributed by atoms with van der Waals surface area (Å²) in [6.45, 7) is 0. The predicted molar refractivity (Wildman–Crippen MR) is 135 cm³/mol. The van der Waals surface area contributed by atoms with E-state index in [4.69, 9.17) is 0 Å². The van der Waals surface area contributed by atoms with E-state index < -0.39 is 0 Å². The summed E-state index contributed by atoms with van der Waals surface area (Å²) in [6, 6.07) is 10.9. The highest BCUT2D eigenvalue weighted by atomic mass is 32.1. The number of nitrogens with zero attached hydrogens (tertiary/aromatic N) is 3. The Balaban J connectivity index is 1.23. The number of aryl methyl sites for hydroxylation is 1. The van der Waals surface area contributed by atoms with E-state index >= 15 is 0 Å². The molecule has 2 aliphatic carbocycles. The number of carbonyl (C=O) groups excluding carboxylic acids is 2. The maximum atomic E-state index is 13.4. The van der Waals surface area contributed by atoms with Gasteiger partial charge < -0.3 is 10.6 Å². The average molecular weight is 485 g/mol. The molecular weight excluding hydrogens is 460 g/mol. The zero-order chi connectivity index (χ0) is 23.8. The molecule has 4 aromatic rings. The first kappa shape index (κ1) is 21.7. The van der Waals surface area contributed by atoms with E-state index in [-0.39, 0.29) is 11.8 Å². The van der Waals surface area contributed by atoms with Crippen LogP contribution in [0.4, 0.5) is 10.7 Å². The van der Waals surface area contributed by atoms with Crippen LogP contribution in [-0.4, -0.2) is 32.0 Å². The highest BCUT2D eigenvalue weighted by Gasteiger charge is 2.28. The lowest BCUT2D eigenvalue weighted by Crippen LogP contribution is -2.18. The van der Waals surface area contributed by atoms with E-state index in [0.717, 1.165) is 55.5 Å². The summed E-state index contributed by atoms with van der Waals surface area (Å²) in [5.41, 5.74) is 3.64. The second kappa shape index (κ2) is 9.07. The lowest BCUT2D eigenvalue weighted by Gasteiger charge is -2.13. The molecule has 0 atom stereocenters. The van der Waals surface area contributed by atoms with Crippen LogP contribution in [0.3, 0.4) is 0 Å². The summed E-state index contributed by atoms with van der Waals surface area (Å²) >= 11 is 1.50. The van der Waals surface area contributed by atoms with Crippen LogP contribution in [0.5, 0.6) is 0 Å². The van der Waals surface area contributed by atoms with Crippen LogP contribution in [0.1, 0.15) is 68.6 Å². The molecule has 1 aromatic carbocycles. The van der Waals surface area contributed by atoms with Gasteiger partial charge in [-0.2, -0.15) is 5.10 Å². The quantitative estimate of drug-likeness (QED) is 0.349. The van der Waals surface area contributed by atoms with Gasteiger partial charge in [0.05, 0.1) is 11.1 Å². The molecule has 3 heterocycles. The van der Waals surface area contributed by atoms with E-state index in [1.165, 1.54) is 22.4 Å². The van der Waals surface area contributed by atoms with E-state index in [0.29, 0.717) is 33.6 Å². The SMILES string of the molecule is O=C(Nc1sc2c(c1C(=O)Nc1ccc(-c3n[nH]c(C4CC4)n3)cc1)CCCC2)c1cccnc1. The molecule has 0 unspecified atom stereocenters. The van der Waals surface area contributed by atoms with Crippen LogP contribution in [0, 0.1) is 0 Å². The lowest BCUT2D eigenvalue weighted by molar-refractivity contribution is 0.102. The van der Waals surface area contributed by atoms with Gasteiger partial charge in [-0.3, -0.25) is 19.7 Å². The minimum Gasteiger partial charge on any atom is -0.322 e. The smallest absolute Gasteiger partial charge is 0.258 e. The first-order chi connectivity index (χ1) is 17.2. The molecule has 176 valence electrons. The van der Waals surface area contributed by atoms with Crippen LogP contribution in [0.2, 0.25) is 0 Å². The minimum absolute atomic E-state index is 0.215. The van der Waals surface area contributed by atoms with Crippen molar-refractivity contribution in [2.75, 3.05) is 10.6 Å². The first-order valence-corrected chi connectivity index (χ1v) is 12.7. The molecule has 0 aliphatic heterocycles. The van der Waals surface area contributed by atoms with Crippen molar-refractivity contribution in [1.82, 2.24) is 20.2 Å². The van der Waals surface area contributed by atoms with Crippen LogP contribution < -0.4 is 10.6 Å². The standard InChI is InChI=1S/C26H24N6O2S/c33-24(17-4-3-13-27-14-17)30-26-21(19-5-1-2-6-20(19)35-26)25(34)28-18-11-9-16(10-12-18)23-29-22(31-32-23)15-7-8-15/h3-4,9-15H,1-2,5-8H2,(H,28,34)(H,30,33)(H,29,31,32). The highest BCUT2D eigenvalue weighted by molar-refractivity contribution is 7.17. The Labute approximate surface area is 206 Å². The fourth-order valence-electron chi connectivity index (χ4n) is 4.41. The van der Waals surface area contributed by atoms with Crippen molar-refractivity contribution in [1.29, 1.82) is 0 Å². The molecule has 2 aliphatic rings. The van der Waals surface area contributed by atoms with Crippen molar-refractivity contribution in [2.24, 2.45) is 0 Å². The lowest BCUT2D eigenvalue weighted by atomic mass is 9.95. The number of rotatable bonds is 6. The summed E-state index contributed by atoms with van der Waals surface area (Å²) in [4.78, 5) is 36.0. The Kier molecular flexibility index (Phi) is 5.61. The minimum atomic E-state index is -0.271. The number of anilines is 2. The zero-order valence-electron chi connectivity index (χ0n) is 19.0. The highest BCUT2D eigenvalue weighted by Crippen LogP contribution is 2.39. The Bertz CT molecular complexity index is 1390. The van der Waals surface area contributed by atoms with Gasteiger partial charge in [0.2, 0.25) is 0 Å². The van der Waals surface area contributed by atoms with Crippen molar-refractivity contribution in [2.45, 2.75) is 44.4 Å². The fraction of sp³-hybridized carbons (Fsp3) is 0.269. The van der Waals surface area contributed by atoms with Crippen LogP contribution in [-0.2, 0) is 12.8 Å². The molecule has 3 aromatic heterocycles. The van der Waals surface area contributed by atoms with Gasteiger partial charge in [-0.25, -0.2) is 4.98 Å². The van der Waals surface area contributed by atoms with Gasteiger partial charge in [-0.05, 0) is 80.5 Å². The van der Waals surface area contributed by atoms with E-state index in [1.807, 2.05) is 24.3 Å². The number of H-pyrrole nitrogens is 1. The van der Waals surface area contributed by atoms with E-state index in [2.05, 4.69) is 30.8 Å². The van der Waals surface area contributed by atoms with Crippen molar-refractivity contribution < 1.29 is 9.59 Å². The molecule has 8 nitrogen and oxygen atoms in total. The molecule has 3 N–H and O–H groups in total. The number of hydrogen-bond acceptors (Lipinski definition) is 6.